The number of amides is 1. The van der Waals surface area contributed by atoms with E-state index in [4.69, 9.17) is 12.2 Å². The van der Waals surface area contributed by atoms with E-state index in [1.54, 1.807) is 18.2 Å². The zero-order valence-electron chi connectivity index (χ0n) is 15.4. The Labute approximate surface area is 165 Å². The number of halogens is 1. The molecule has 4 rings (SSSR count). The Balaban J connectivity index is 1.74. The second-order valence-corrected chi connectivity index (χ2v) is 7.44. The summed E-state index contributed by atoms with van der Waals surface area (Å²) in [6, 6.07) is 10.5. The standard InChI is InChI=1S/C20H19FN4O2S/c1-23-8-10-24(11-9-23)18(26)13-2-7-16-17(12-13)22-20(28)25(19(16)27)15-5-3-14(21)4-6-15/h2-7,12H,8-11H2,1H3,(H,22,28)/p+1. The summed E-state index contributed by atoms with van der Waals surface area (Å²) in [5.74, 6) is -0.433. The molecular weight excluding hydrogens is 379 g/mol. The molecule has 8 heteroatoms. The first-order valence-corrected chi connectivity index (χ1v) is 9.50. The van der Waals surface area contributed by atoms with Crippen LogP contribution in [-0.4, -0.2) is 53.6 Å². The third-order valence-electron chi connectivity index (χ3n) is 5.13. The van der Waals surface area contributed by atoms with Crippen molar-refractivity contribution in [2.24, 2.45) is 0 Å². The fourth-order valence-electron chi connectivity index (χ4n) is 3.45. The number of fused-ring (bicyclic) bond motifs is 1. The molecule has 1 aliphatic rings. The van der Waals surface area contributed by atoms with Crippen LogP contribution >= 0.6 is 12.2 Å². The summed E-state index contributed by atoms with van der Waals surface area (Å²) in [6.07, 6.45) is 0. The summed E-state index contributed by atoms with van der Waals surface area (Å²) >= 11 is 5.34. The summed E-state index contributed by atoms with van der Waals surface area (Å²) in [7, 11) is 2.12. The maximum atomic E-state index is 13.2. The molecule has 2 N–H and O–H groups in total. The predicted molar refractivity (Wildman–Crippen MR) is 107 cm³/mol. The van der Waals surface area contributed by atoms with Gasteiger partial charge in [-0.25, -0.2) is 4.39 Å². The number of carbonyl (C=O) groups is 1. The normalized spacial score (nSPS) is 15.1. The molecule has 1 aromatic heterocycles. The van der Waals surface area contributed by atoms with Crippen LogP contribution < -0.4 is 10.5 Å². The van der Waals surface area contributed by atoms with Gasteiger partial charge in [0.05, 0.1) is 49.8 Å². The van der Waals surface area contributed by atoms with Crippen molar-refractivity contribution < 1.29 is 14.1 Å². The van der Waals surface area contributed by atoms with Gasteiger partial charge in [-0.1, -0.05) is 0 Å². The second-order valence-electron chi connectivity index (χ2n) is 7.06. The third-order valence-corrected chi connectivity index (χ3v) is 5.42. The highest BCUT2D eigenvalue weighted by atomic mass is 32.1. The van der Waals surface area contributed by atoms with Gasteiger partial charge in [0.25, 0.3) is 11.5 Å². The van der Waals surface area contributed by atoms with Gasteiger partial charge in [-0.05, 0) is 54.7 Å². The van der Waals surface area contributed by atoms with E-state index in [1.165, 1.54) is 33.7 Å². The van der Waals surface area contributed by atoms with Crippen LogP contribution in [0.2, 0.25) is 0 Å². The minimum absolute atomic E-state index is 0.0450. The topological polar surface area (TPSA) is 62.5 Å². The maximum absolute atomic E-state index is 13.2. The Morgan fingerprint density at radius 1 is 1.14 bits per heavy atom. The lowest BCUT2D eigenvalue weighted by molar-refractivity contribution is -0.883. The summed E-state index contributed by atoms with van der Waals surface area (Å²) < 4.78 is 14.7. The fraction of sp³-hybridized carbons (Fsp3) is 0.250. The first-order chi connectivity index (χ1) is 13.4. The Kier molecular flexibility index (Phi) is 4.82. The molecule has 0 saturated carbocycles. The number of quaternary nitrogens is 1. The Bertz CT molecular complexity index is 1160. The van der Waals surface area contributed by atoms with Crippen LogP contribution in [0.3, 0.4) is 0 Å². The van der Waals surface area contributed by atoms with E-state index in [2.05, 4.69) is 12.0 Å². The van der Waals surface area contributed by atoms with Crippen LogP contribution in [0, 0.1) is 10.6 Å². The van der Waals surface area contributed by atoms with Crippen LogP contribution in [0.25, 0.3) is 16.6 Å². The molecule has 0 radical (unpaired) electrons. The Morgan fingerprint density at radius 3 is 2.50 bits per heavy atom. The SMILES string of the molecule is C[NH+]1CCN(C(=O)c2ccc3c(=O)n(-c4ccc(F)cc4)c(=S)[nH]c3c2)CC1. The maximum Gasteiger partial charge on any atom is 0.266 e. The molecule has 1 saturated heterocycles. The van der Waals surface area contributed by atoms with E-state index in [9.17, 15) is 14.0 Å². The van der Waals surface area contributed by atoms with E-state index in [0.717, 1.165) is 13.1 Å². The van der Waals surface area contributed by atoms with Gasteiger partial charge in [0.2, 0.25) is 0 Å². The molecule has 0 aliphatic carbocycles. The highest BCUT2D eigenvalue weighted by molar-refractivity contribution is 7.71. The zero-order chi connectivity index (χ0) is 19.8. The van der Waals surface area contributed by atoms with Crippen molar-refractivity contribution in [2.75, 3.05) is 33.2 Å². The molecule has 144 valence electrons. The number of benzene rings is 2. The van der Waals surface area contributed by atoms with Crippen LogP contribution in [0.4, 0.5) is 4.39 Å². The monoisotopic (exact) mass is 399 g/mol. The Hall–Kier alpha value is -2.84. The fourth-order valence-corrected chi connectivity index (χ4v) is 3.75. The quantitative estimate of drug-likeness (QED) is 0.636. The lowest BCUT2D eigenvalue weighted by Crippen LogP contribution is -3.12. The smallest absolute Gasteiger partial charge is 0.266 e. The molecule has 0 atom stereocenters. The number of aromatic amines is 1. The van der Waals surface area contributed by atoms with Gasteiger partial charge in [0.15, 0.2) is 4.77 Å². The van der Waals surface area contributed by atoms with Crippen LogP contribution in [0.5, 0.6) is 0 Å². The largest absolute Gasteiger partial charge is 0.334 e. The number of rotatable bonds is 2. The zero-order valence-corrected chi connectivity index (χ0v) is 16.2. The van der Waals surface area contributed by atoms with Gasteiger partial charge in [-0.15, -0.1) is 0 Å². The summed E-state index contributed by atoms with van der Waals surface area (Å²) in [5, 5.41) is 0.414. The van der Waals surface area contributed by atoms with E-state index in [0.29, 0.717) is 35.2 Å². The van der Waals surface area contributed by atoms with Crippen molar-refractivity contribution in [3.05, 3.63) is 69.0 Å². The molecule has 6 nitrogen and oxygen atoms in total. The highest BCUT2D eigenvalue weighted by Gasteiger charge is 2.23. The van der Waals surface area contributed by atoms with Crippen molar-refractivity contribution in [1.29, 1.82) is 0 Å². The molecule has 2 aromatic carbocycles. The van der Waals surface area contributed by atoms with Gasteiger partial charge in [0, 0.05) is 5.56 Å². The molecule has 0 bridgehead atoms. The highest BCUT2D eigenvalue weighted by Crippen LogP contribution is 2.15. The van der Waals surface area contributed by atoms with Crippen molar-refractivity contribution in [1.82, 2.24) is 14.5 Å². The van der Waals surface area contributed by atoms with Gasteiger partial charge in [-0.2, -0.15) is 0 Å². The van der Waals surface area contributed by atoms with Gasteiger partial charge in [0.1, 0.15) is 5.82 Å². The molecule has 3 aromatic rings. The number of hydrogen-bond donors (Lipinski definition) is 2. The van der Waals surface area contributed by atoms with Gasteiger partial charge in [-0.3, -0.25) is 14.2 Å². The molecule has 0 spiro atoms. The molecule has 1 aliphatic heterocycles. The number of aromatic nitrogens is 2. The van der Waals surface area contributed by atoms with Crippen molar-refractivity contribution in [2.45, 2.75) is 0 Å². The third kappa shape index (κ3) is 3.36. The predicted octanol–water partition coefficient (Wildman–Crippen LogP) is 1.16. The van der Waals surface area contributed by atoms with E-state index >= 15 is 0 Å². The lowest BCUT2D eigenvalue weighted by Gasteiger charge is -2.30. The average molecular weight is 399 g/mol. The number of H-pyrrole nitrogens is 1. The molecular formula is C20H20FN4O2S+. The van der Waals surface area contributed by atoms with E-state index in [1.807, 2.05) is 4.90 Å². The molecule has 2 heterocycles. The number of carbonyl (C=O) groups excluding carboxylic acids is 1. The average Bonchev–Trinajstić information content (AvgIpc) is 2.69. The van der Waals surface area contributed by atoms with E-state index in [-0.39, 0.29) is 22.1 Å². The first-order valence-electron chi connectivity index (χ1n) is 9.09. The second kappa shape index (κ2) is 7.29. The summed E-state index contributed by atoms with van der Waals surface area (Å²) in [6.45, 7) is 3.27. The number of likely N-dealkylation sites (N-methyl/N-ethyl adjacent to an activating group) is 1. The van der Waals surface area contributed by atoms with Crippen LogP contribution in [0.15, 0.2) is 47.3 Å². The van der Waals surface area contributed by atoms with Crippen molar-refractivity contribution >= 4 is 29.0 Å². The summed E-state index contributed by atoms with van der Waals surface area (Å²) in [4.78, 5) is 32.0. The van der Waals surface area contributed by atoms with Gasteiger partial charge < -0.3 is 14.8 Å². The molecule has 1 fully saturated rings. The van der Waals surface area contributed by atoms with Crippen LogP contribution in [-0.2, 0) is 0 Å². The van der Waals surface area contributed by atoms with Crippen LogP contribution in [0.1, 0.15) is 10.4 Å². The number of hydrogen-bond acceptors (Lipinski definition) is 3. The Morgan fingerprint density at radius 2 is 1.82 bits per heavy atom. The molecule has 0 unspecified atom stereocenters. The number of nitrogens with zero attached hydrogens (tertiary/aromatic N) is 2. The number of nitrogens with one attached hydrogen (secondary N) is 2. The van der Waals surface area contributed by atoms with Gasteiger partial charge >= 0.3 is 0 Å². The minimum atomic E-state index is -0.388. The lowest BCUT2D eigenvalue weighted by atomic mass is 10.1. The molecule has 28 heavy (non-hydrogen) atoms. The van der Waals surface area contributed by atoms with Crippen molar-refractivity contribution in [3.8, 4) is 5.69 Å². The number of piperazine rings is 1. The first kappa shape index (κ1) is 18.5. The minimum Gasteiger partial charge on any atom is -0.334 e. The van der Waals surface area contributed by atoms with E-state index < -0.39 is 0 Å². The van der Waals surface area contributed by atoms with Crippen molar-refractivity contribution in [3.63, 3.8) is 0 Å². The summed E-state index contributed by atoms with van der Waals surface area (Å²) in [5.41, 5.74) is 1.21. The molecule has 1 amide bonds.